The van der Waals surface area contributed by atoms with Crippen molar-refractivity contribution in [1.29, 1.82) is 0 Å². The Kier molecular flexibility index (Phi) is 8.58. The van der Waals surface area contributed by atoms with Gasteiger partial charge in [-0.3, -0.25) is 9.59 Å². The van der Waals surface area contributed by atoms with Crippen LogP contribution in [-0.4, -0.2) is 57.0 Å². The number of nitrogens with zero attached hydrogens (tertiary/aromatic N) is 1. The molecule has 1 spiro atoms. The van der Waals surface area contributed by atoms with Crippen LogP contribution in [0.5, 0.6) is 0 Å². The maximum Gasteiger partial charge on any atom is 0.309 e. The summed E-state index contributed by atoms with van der Waals surface area (Å²) in [5.74, 6) is -2.26. The van der Waals surface area contributed by atoms with E-state index in [-0.39, 0.29) is 24.2 Å². The summed E-state index contributed by atoms with van der Waals surface area (Å²) in [6.45, 7) is 7.62. The number of halogens is 1. The molecule has 1 saturated carbocycles. The van der Waals surface area contributed by atoms with Crippen LogP contribution in [0, 0.1) is 24.2 Å². The highest BCUT2D eigenvalue weighted by Gasteiger charge is 2.55. The van der Waals surface area contributed by atoms with Crippen LogP contribution in [0.15, 0.2) is 11.2 Å². The number of epoxide rings is 1. The topological polar surface area (TPSA) is 109 Å². The molecule has 2 N–H and O–H groups in total. The summed E-state index contributed by atoms with van der Waals surface area (Å²) in [6.07, 6.45) is 1.91. The molecule has 0 radical (unpaired) electrons. The van der Waals surface area contributed by atoms with E-state index < -0.39 is 53.5 Å². The molecule has 1 aromatic heterocycles. The first-order valence-electron chi connectivity index (χ1n) is 13.6. The van der Waals surface area contributed by atoms with Gasteiger partial charge in [0, 0.05) is 17.7 Å². The maximum atomic E-state index is 15.4. The molecule has 0 aromatic carbocycles. The lowest BCUT2D eigenvalue weighted by molar-refractivity contribution is -0.162. The summed E-state index contributed by atoms with van der Waals surface area (Å²) in [5, 5.41) is 24.7. The minimum Gasteiger partial charge on any atom is -0.455 e. The predicted molar refractivity (Wildman–Crippen MR) is 138 cm³/mol. The molecule has 4 rings (SSSR count). The van der Waals surface area contributed by atoms with Crippen LogP contribution in [0.25, 0.3) is 6.08 Å². The third-order valence-electron chi connectivity index (χ3n) is 8.81. The van der Waals surface area contributed by atoms with Gasteiger partial charge in [-0.05, 0) is 57.9 Å². The van der Waals surface area contributed by atoms with E-state index in [1.54, 1.807) is 5.38 Å². The van der Waals surface area contributed by atoms with Crippen LogP contribution >= 0.6 is 11.3 Å². The van der Waals surface area contributed by atoms with Crippen molar-refractivity contribution in [2.45, 2.75) is 115 Å². The Morgan fingerprint density at radius 1 is 1.27 bits per heavy atom. The minimum atomic E-state index is -1.25. The van der Waals surface area contributed by atoms with Crippen molar-refractivity contribution in [3.63, 3.8) is 0 Å². The van der Waals surface area contributed by atoms with Crippen LogP contribution in [0.3, 0.4) is 0 Å². The Labute approximate surface area is 222 Å². The van der Waals surface area contributed by atoms with E-state index in [4.69, 9.17) is 9.47 Å². The van der Waals surface area contributed by atoms with Crippen LogP contribution in [-0.2, 0) is 19.1 Å². The Bertz CT molecular complexity index is 1020. The zero-order valence-corrected chi connectivity index (χ0v) is 23.1. The second-order valence-electron chi connectivity index (χ2n) is 11.4. The van der Waals surface area contributed by atoms with Crippen LogP contribution in [0.2, 0.25) is 0 Å². The summed E-state index contributed by atoms with van der Waals surface area (Å²) < 4.78 is 26.9. The summed E-state index contributed by atoms with van der Waals surface area (Å²) in [7, 11) is 0. The highest BCUT2D eigenvalue weighted by Crippen LogP contribution is 2.49. The molecular weight excluding hydrogens is 497 g/mol. The number of hydrogen-bond acceptors (Lipinski definition) is 8. The zero-order chi connectivity index (χ0) is 27.0. The van der Waals surface area contributed by atoms with E-state index in [1.807, 2.05) is 27.7 Å². The van der Waals surface area contributed by atoms with Gasteiger partial charge in [0.1, 0.15) is 11.6 Å². The predicted octanol–water partition coefficient (Wildman–Crippen LogP) is 4.92. The van der Waals surface area contributed by atoms with Crippen LogP contribution < -0.4 is 0 Å². The fourth-order valence-corrected chi connectivity index (χ4v) is 6.63. The molecule has 0 bridgehead atoms. The number of hydrogen-bond donors (Lipinski definition) is 2. The van der Waals surface area contributed by atoms with Crippen molar-refractivity contribution in [2.75, 3.05) is 0 Å². The van der Waals surface area contributed by atoms with Crippen molar-refractivity contribution >= 4 is 29.2 Å². The van der Waals surface area contributed by atoms with Crippen molar-refractivity contribution in [2.24, 2.45) is 17.3 Å². The molecule has 2 aliphatic heterocycles. The van der Waals surface area contributed by atoms with Gasteiger partial charge in [0.25, 0.3) is 0 Å². The third-order valence-corrected chi connectivity index (χ3v) is 9.60. The van der Waals surface area contributed by atoms with Gasteiger partial charge in [-0.1, -0.05) is 26.7 Å². The fraction of sp³-hybridized carbons (Fsp3) is 0.750. The lowest BCUT2D eigenvalue weighted by atomic mass is 9.58. The molecule has 7 atom stereocenters. The quantitative estimate of drug-likeness (QED) is 0.416. The number of thiazole rings is 1. The summed E-state index contributed by atoms with van der Waals surface area (Å²) in [4.78, 5) is 30.9. The molecule has 3 fully saturated rings. The molecule has 37 heavy (non-hydrogen) atoms. The average Bonchev–Trinajstić information content (AvgIpc) is 3.24. The van der Waals surface area contributed by atoms with Gasteiger partial charge in [-0.2, -0.15) is 0 Å². The van der Waals surface area contributed by atoms with E-state index in [9.17, 15) is 19.8 Å². The molecule has 7 nitrogen and oxygen atoms in total. The Morgan fingerprint density at radius 3 is 2.59 bits per heavy atom. The number of carbonyl (C=O) groups is 2. The molecular formula is C28H40FNO6S. The number of esters is 1. The number of aromatic nitrogens is 1. The average molecular weight is 538 g/mol. The van der Waals surface area contributed by atoms with Gasteiger partial charge in [-0.15, -0.1) is 11.3 Å². The van der Waals surface area contributed by atoms with Gasteiger partial charge >= 0.3 is 5.97 Å². The van der Waals surface area contributed by atoms with E-state index in [2.05, 4.69) is 4.98 Å². The van der Waals surface area contributed by atoms with Gasteiger partial charge in [0.15, 0.2) is 6.10 Å². The molecule has 206 valence electrons. The first-order valence-corrected chi connectivity index (χ1v) is 14.4. The molecule has 0 unspecified atom stereocenters. The third kappa shape index (κ3) is 6.00. The van der Waals surface area contributed by atoms with Gasteiger partial charge in [-0.25, -0.2) is 9.37 Å². The number of carbonyl (C=O) groups excluding carboxylic acids is 2. The number of Topliss-reactive ketones (excluding diaryl/α,β-unsaturated/α-hetero) is 1. The molecule has 0 amide bonds. The lowest BCUT2D eigenvalue weighted by Gasteiger charge is -2.46. The van der Waals surface area contributed by atoms with Gasteiger partial charge in [0.05, 0.1) is 46.5 Å². The maximum absolute atomic E-state index is 15.4. The van der Waals surface area contributed by atoms with Gasteiger partial charge in [0.2, 0.25) is 0 Å². The Balaban J connectivity index is 1.59. The summed E-state index contributed by atoms with van der Waals surface area (Å²) in [5.41, 5.74) is -1.07. The first-order chi connectivity index (χ1) is 17.5. The molecule has 2 saturated heterocycles. The highest BCUT2D eigenvalue weighted by atomic mass is 32.1. The summed E-state index contributed by atoms with van der Waals surface area (Å²) >= 11 is 1.40. The normalized spacial score (nSPS) is 37.5. The number of aliphatic hydroxyl groups is 2. The largest absolute Gasteiger partial charge is 0.455 e. The van der Waals surface area contributed by atoms with Crippen molar-refractivity contribution in [3.8, 4) is 0 Å². The van der Waals surface area contributed by atoms with E-state index >= 15 is 4.39 Å². The molecule has 3 aliphatic rings. The van der Waals surface area contributed by atoms with E-state index in [0.717, 1.165) is 30.7 Å². The van der Waals surface area contributed by atoms with Crippen LogP contribution in [0.1, 0.15) is 89.3 Å². The number of rotatable bonds is 3. The number of aryl methyl sites for hydroxylation is 1. The molecule has 3 heterocycles. The standard InChI is InChI=1S/C28H40FNO6S/c1-5-19-25(33)16(2)8-6-9-27(4)23(36-27)13-21(20(29)12-18-15-37-17(3)30-18)35-24(32)14-22(31)28(26(19)34)10-7-11-28/h12,15-16,19,21-23,25,31,33H,5-11,13-14H2,1-4H3/t16-,19+,21-,22-,23+,25-,27-/m0/s1. The Morgan fingerprint density at radius 2 is 2.00 bits per heavy atom. The fourth-order valence-electron chi connectivity index (χ4n) is 6.06. The van der Waals surface area contributed by atoms with Gasteiger partial charge < -0.3 is 19.7 Å². The number of ketones is 1. The monoisotopic (exact) mass is 537 g/mol. The smallest absolute Gasteiger partial charge is 0.309 e. The van der Waals surface area contributed by atoms with Crippen molar-refractivity contribution < 1.29 is 33.7 Å². The SMILES string of the molecule is CC[C@H]1C(=O)C2(CCC2)[C@@H](O)CC(=O)O[C@H](C(F)=Cc2csc(C)n2)C[C@H]2O[C@@]2(C)CCC[C@H](C)[C@@H]1O. The summed E-state index contributed by atoms with van der Waals surface area (Å²) in [6, 6.07) is 0. The van der Waals surface area contributed by atoms with Crippen molar-refractivity contribution in [1.82, 2.24) is 4.98 Å². The zero-order valence-electron chi connectivity index (χ0n) is 22.2. The molecule has 1 aliphatic carbocycles. The first kappa shape index (κ1) is 28.3. The second kappa shape index (κ2) is 11.2. The van der Waals surface area contributed by atoms with Crippen LogP contribution in [0.4, 0.5) is 4.39 Å². The molecule has 9 heteroatoms. The highest BCUT2D eigenvalue weighted by molar-refractivity contribution is 7.09. The minimum absolute atomic E-state index is 0.100. The second-order valence-corrected chi connectivity index (χ2v) is 12.5. The number of fused-ring (bicyclic) bond motifs is 1. The molecule has 1 aromatic rings. The van der Waals surface area contributed by atoms with E-state index in [0.29, 0.717) is 25.0 Å². The van der Waals surface area contributed by atoms with Crippen molar-refractivity contribution in [3.05, 3.63) is 21.9 Å². The number of aliphatic hydroxyl groups excluding tert-OH is 2. The number of ether oxygens (including phenoxy) is 2. The van der Waals surface area contributed by atoms with E-state index in [1.165, 1.54) is 17.4 Å². The lowest BCUT2D eigenvalue weighted by Crippen LogP contribution is -2.53. The number of cyclic esters (lactones) is 1. The Hall–Kier alpha value is -1.68.